The lowest BCUT2D eigenvalue weighted by molar-refractivity contribution is -0.134. The smallest absolute Gasteiger partial charge is 0.236 e. The first-order valence-electron chi connectivity index (χ1n) is 13.8. The van der Waals surface area contributed by atoms with Gasteiger partial charge in [0, 0.05) is 45.3 Å². The van der Waals surface area contributed by atoms with Crippen molar-refractivity contribution in [2.45, 2.75) is 51.1 Å². The molecule has 2 aromatic carbocycles. The summed E-state index contributed by atoms with van der Waals surface area (Å²) >= 11 is 0. The van der Waals surface area contributed by atoms with Gasteiger partial charge in [0.1, 0.15) is 0 Å². The van der Waals surface area contributed by atoms with Crippen molar-refractivity contribution >= 4 is 5.91 Å². The summed E-state index contributed by atoms with van der Waals surface area (Å²) in [4.78, 5) is 20.1. The number of hydrogen-bond acceptors (Lipinski definition) is 6. The topological polar surface area (TPSA) is 54.5 Å². The van der Waals surface area contributed by atoms with Crippen LogP contribution in [0.1, 0.15) is 43.2 Å². The van der Waals surface area contributed by atoms with E-state index in [2.05, 4.69) is 32.9 Å². The van der Waals surface area contributed by atoms with Gasteiger partial charge in [-0.1, -0.05) is 37.5 Å². The van der Waals surface area contributed by atoms with Crippen LogP contribution in [0, 0.1) is 0 Å². The zero-order valence-electron chi connectivity index (χ0n) is 22.6. The van der Waals surface area contributed by atoms with E-state index in [0.29, 0.717) is 23.8 Å². The summed E-state index contributed by atoms with van der Waals surface area (Å²) in [5.41, 5.74) is 4.80. The van der Waals surface area contributed by atoms with Crippen LogP contribution in [-0.2, 0) is 17.8 Å². The minimum absolute atomic E-state index is 0.279. The van der Waals surface area contributed by atoms with Gasteiger partial charge in [0.15, 0.2) is 11.5 Å². The molecule has 0 atom stereocenters. The molecule has 37 heavy (non-hydrogen) atoms. The van der Waals surface area contributed by atoms with Gasteiger partial charge in [0.25, 0.3) is 0 Å². The van der Waals surface area contributed by atoms with E-state index in [1.165, 1.54) is 43.2 Å². The van der Waals surface area contributed by atoms with Crippen LogP contribution in [0.2, 0.25) is 0 Å². The second kappa shape index (κ2) is 11.7. The first-order valence-corrected chi connectivity index (χ1v) is 13.8. The molecule has 2 aromatic rings. The Morgan fingerprint density at radius 2 is 1.51 bits per heavy atom. The fourth-order valence-electron chi connectivity index (χ4n) is 6.25. The van der Waals surface area contributed by atoms with Crippen LogP contribution >= 0.6 is 0 Å². The van der Waals surface area contributed by atoms with E-state index >= 15 is 0 Å². The minimum Gasteiger partial charge on any atom is -0.493 e. The molecule has 7 heteroatoms. The average molecular weight is 508 g/mol. The molecule has 0 N–H and O–H groups in total. The van der Waals surface area contributed by atoms with E-state index in [4.69, 9.17) is 14.2 Å². The summed E-state index contributed by atoms with van der Waals surface area (Å²) in [6, 6.07) is 11.3. The Morgan fingerprint density at radius 1 is 0.811 bits per heavy atom. The molecule has 2 aliphatic heterocycles. The fraction of sp³-hybridized carbons (Fsp3) is 0.567. The Balaban J connectivity index is 1.19. The second-order valence-electron chi connectivity index (χ2n) is 10.6. The largest absolute Gasteiger partial charge is 0.493 e. The Labute approximate surface area is 221 Å². The van der Waals surface area contributed by atoms with E-state index in [-0.39, 0.29) is 5.91 Å². The third-order valence-electron chi connectivity index (χ3n) is 8.41. The Morgan fingerprint density at radius 3 is 2.16 bits per heavy atom. The van der Waals surface area contributed by atoms with Crippen molar-refractivity contribution in [1.29, 1.82) is 0 Å². The number of benzene rings is 2. The standard InChI is InChI=1S/C30H41N3O4/c1-35-27-18-25(19-28(36-2)30(27)37-3)22-9-10-24-20-31(12-11-23(24)17-22)21-29(34)33-15-13-32(14-16-33)26-7-5-4-6-8-26/h9-10,17-19,26H,4-8,11-16,20-21H2,1-3H3. The van der Waals surface area contributed by atoms with Crippen molar-refractivity contribution in [2.24, 2.45) is 0 Å². The Kier molecular flexibility index (Phi) is 8.20. The number of carbonyl (C=O) groups is 1. The van der Waals surface area contributed by atoms with Gasteiger partial charge in [0.05, 0.1) is 27.9 Å². The van der Waals surface area contributed by atoms with Crippen LogP contribution < -0.4 is 14.2 Å². The zero-order valence-corrected chi connectivity index (χ0v) is 22.6. The molecule has 3 aliphatic rings. The predicted molar refractivity (Wildman–Crippen MR) is 146 cm³/mol. The molecule has 0 radical (unpaired) electrons. The molecule has 5 rings (SSSR count). The summed E-state index contributed by atoms with van der Waals surface area (Å²) < 4.78 is 16.6. The summed E-state index contributed by atoms with van der Waals surface area (Å²) in [6.07, 6.45) is 7.73. The van der Waals surface area contributed by atoms with Crippen molar-refractivity contribution in [3.8, 4) is 28.4 Å². The Hall–Kier alpha value is -2.77. The van der Waals surface area contributed by atoms with Crippen molar-refractivity contribution < 1.29 is 19.0 Å². The van der Waals surface area contributed by atoms with E-state index in [0.717, 1.165) is 62.9 Å². The number of nitrogens with zero attached hydrogens (tertiary/aromatic N) is 3. The molecule has 2 heterocycles. The normalized spacial score (nSPS) is 19.4. The van der Waals surface area contributed by atoms with E-state index in [1.54, 1.807) is 21.3 Å². The molecule has 0 bridgehead atoms. The third kappa shape index (κ3) is 5.73. The Bertz CT molecular complexity index is 1070. The average Bonchev–Trinajstić information content (AvgIpc) is 2.96. The van der Waals surface area contributed by atoms with Crippen LogP contribution in [-0.4, -0.2) is 87.2 Å². The van der Waals surface area contributed by atoms with Gasteiger partial charge in [-0.05, 0) is 53.6 Å². The van der Waals surface area contributed by atoms with Crippen LogP contribution in [0.5, 0.6) is 17.2 Å². The van der Waals surface area contributed by atoms with E-state index in [1.807, 2.05) is 12.1 Å². The molecule has 200 valence electrons. The molecule has 0 unspecified atom stereocenters. The van der Waals surface area contributed by atoms with Crippen LogP contribution in [0.15, 0.2) is 30.3 Å². The molecule has 1 saturated heterocycles. The number of fused-ring (bicyclic) bond motifs is 1. The molecule has 0 spiro atoms. The highest BCUT2D eigenvalue weighted by Gasteiger charge is 2.28. The second-order valence-corrected chi connectivity index (χ2v) is 10.6. The molecule has 0 aromatic heterocycles. The molecule has 2 fully saturated rings. The van der Waals surface area contributed by atoms with Crippen molar-refractivity contribution in [3.05, 3.63) is 41.5 Å². The lowest BCUT2D eigenvalue weighted by atomic mass is 9.93. The number of hydrogen-bond donors (Lipinski definition) is 0. The third-order valence-corrected chi connectivity index (χ3v) is 8.41. The van der Waals surface area contributed by atoms with Gasteiger partial charge in [0.2, 0.25) is 11.7 Å². The molecule has 1 amide bonds. The van der Waals surface area contributed by atoms with Crippen molar-refractivity contribution in [3.63, 3.8) is 0 Å². The molecular weight excluding hydrogens is 466 g/mol. The molecule has 1 saturated carbocycles. The lowest BCUT2D eigenvalue weighted by Gasteiger charge is -2.41. The van der Waals surface area contributed by atoms with Gasteiger partial charge in [-0.25, -0.2) is 0 Å². The zero-order chi connectivity index (χ0) is 25.8. The summed E-state index contributed by atoms with van der Waals surface area (Å²) in [5, 5.41) is 0. The quantitative estimate of drug-likeness (QED) is 0.560. The number of amides is 1. The van der Waals surface area contributed by atoms with E-state index in [9.17, 15) is 4.79 Å². The summed E-state index contributed by atoms with van der Waals surface area (Å²) in [6.45, 7) is 6.04. The highest BCUT2D eigenvalue weighted by molar-refractivity contribution is 5.78. The van der Waals surface area contributed by atoms with Gasteiger partial charge >= 0.3 is 0 Å². The molecule has 7 nitrogen and oxygen atoms in total. The maximum Gasteiger partial charge on any atom is 0.236 e. The van der Waals surface area contributed by atoms with Crippen LogP contribution in [0.3, 0.4) is 0 Å². The summed E-state index contributed by atoms with van der Waals surface area (Å²) in [5.74, 6) is 2.18. The highest BCUT2D eigenvalue weighted by atomic mass is 16.5. The monoisotopic (exact) mass is 507 g/mol. The summed E-state index contributed by atoms with van der Waals surface area (Å²) in [7, 11) is 4.90. The van der Waals surface area contributed by atoms with Crippen molar-refractivity contribution in [1.82, 2.24) is 14.7 Å². The number of rotatable bonds is 7. The minimum atomic E-state index is 0.279. The SMILES string of the molecule is COc1cc(-c2ccc3c(c2)CCN(CC(=O)N2CCN(C4CCCCC4)CC2)C3)cc(OC)c1OC. The van der Waals surface area contributed by atoms with Crippen molar-refractivity contribution in [2.75, 3.05) is 60.6 Å². The van der Waals surface area contributed by atoms with Gasteiger partial charge < -0.3 is 19.1 Å². The van der Waals surface area contributed by atoms with Gasteiger partial charge in [-0.2, -0.15) is 0 Å². The number of methoxy groups -OCH3 is 3. The fourth-order valence-corrected chi connectivity index (χ4v) is 6.25. The maximum absolute atomic E-state index is 13.1. The van der Waals surface area contributed by atoms with Gasteiger partial charge in [-0.15, -0.1) is 0 Å². The maximum atomic E-state index is 13.1. The van der Waals surface area contributed by atoms with Crippen LogP contribution in [0.4, 0.5) is 0 Å². The first-order chi connectivity index (χ1) is 18.1. The number of ether oxygens (including phenoxy) is 3. The molecule has 1 aliphatic carbocycles. The molecular formula is C30H41N3O4. The number of piperazine rings is 1. The van der Waals surface area contributed by atoms with E-state index < -0.39 is 0 Å². The van der Waals surface area contributed by atoms with Crippen LogP contribution in [0.25, 0.3) is 11.1 Å². The lowest BCUT2D eigenvalue weighted by Crippen LogP contribution is -2.54. The predicted octanol–water partition coefficient (Wildman–Crippen LogP) is 4.21. The number of carbonyl (C=O) groups excluding carboxylic acids is 1. The van der Waals surface area contributed by atoms with Gasteiger partial charge in [-0.3, -0.25) is 14.6 Å². The first kappa shape index (κ1) is 25.9. The highest BCUT2D eigenvalue weighted by Crippen LogP contribution is 2.41.